The van der Waals surface area contributed by atoms with Crippen LogP contribution in [-0.4, -0.2) is 45.1 Å². The second-order valence-electron chi connectivity index (χ2n) is 9.41. The Hall–Kier alpha value is -3.04. The Morgan fingerprint density at radius 1 is 1.03 bits per heavy atom. The number of anilines is 1. The first-order valence-electron chi connectivity index (χ1n) is 13.9. The number of carbonyl (C=O) groups is 2. The number of amides is 2. The van der Waals surface area contributed by atoms with Crippen molar-refractivity contribution in [1.29, 1.82) is 0 Å². The maximum Gasteiger partial charge on any atom is 0.253 e. The van der Waals surface area contributed by atoms with Gasteiger partial charge < -0.3 is 19.9 Å². The highest BCUT2D eigenvalue weighted by atomic mass is 32.1. The van der Waals surface area contributed by atoms with E-state index in [-0.39, 0.29) is 18.4 Å². The average Bonchev–Trinajstić information content (AvgIpc) is 3.57. The average molecular weight is 558 g/mol. The molecule has 8 nitrogen and oxygen atoms in total. The molecule has 3 aromatic rings. The summed E-state index contributed by atoms with van der Waals surface area (Å²) < 4.78 is 7.54. The first-order valence-corrected chi connectivity index (χ1v) is 14.7. The molecule has 3 aromatic heterocycles. The number of ether oxygens (including phenoxy) is 1. The smallest absolute Gasteiger partial charge is 0.253 e. The maximum absolute atomic E-state index is 12.0. The number of rotatable bonds is 11. The molecule has 9 heteroatoms. The molecule has 2 amide bonds. The van der Waals surface area contributed by atoms with Crippen molar-refractivity contribution in [3.05, 3.63) is 53.3 Å². The van der Waals surface area contributed by atoms with Crippen LogP contribution in [-0.2, 0) is 16.6 Å². The number of hydrogen-bond acceptors (Lipinski definition) is 6. The molecule has 39 heavy (non-hydrogen) atoms. The quantitative estimate of drug-likeness (QED) is 0.268. The van der Waals surface area contributed by atoms with Gasteiger partial charge in [-0.15, -0.1) is 11.3 Å². The molecule has 0 fully saturated rings. The van der Waals surface area contributed by atoms with Gasteiger partial charge in [0.25, 0.3) is 5.91 Å². The van der Waals surface area contributed by atoms with Gasteiger partial charge in [-0.1, -0.05) is 47.1 Å². The highest BCUT2D eigenvalue weighted by molar-refractivity contribution is 7.14. The van der Waals surface area contributed by atoms with Crippen molar-refractivity contribution in [2.24, 2.45) is 13.0 Å². The highest BCUT2D eigenvalue weighted by Crippen LogP contribution is 2.23. The van der Waals surface area contributed by atoms with Crippen molar-refractivity contribution in [3.63, 3.8) is 0 Å². The number of carbonyl (C=O) groups excluding carboxylic acids is 2. The van der Waals surface area contributed by atoms with Crippen LogP contribution in [0.2, 0.25) is 0 Å². The first kappa shape index (κ1) is 34.0. The minimum atomic E-state index is -0.331. The van der Waals surface area contributed by atoms with E-state index in [4.69, 9.17) is 4.74 Å². The van der Waals surface area contributed by atoms with Crippen molar-refractivity contribution in [2.75, 3.05) is 11.9 Å². The van der Waals surface area contributed by atoms with Crippen molar-refractivity contribution in [1.82, 2.24) is 19.9 Å². The van der Waals surface area contributed by atoms with E-state index in [2.05, 4.69) is 55.2 Å². The Morgan fingerprint density at radius 2 is 1.74 bits per heavy atom. The molecule has 0 aliphatic heterocycles. The molecule has 0 bridgehead atoms. The summed E-state index contributed by atoms with van der Waals surface area (Å²) in [5, 5.41) is 7.56. The van der Waals surface area contributed by atoms with Gasteiger partial charge in [0, 0.05) is 30.5 Å². The Labute approximate surface area is 238 Å². The Balaban J connectivity index is 0.000000461. The van der Waals surface area contributed by atoms with Crippen LogP contribution in [0.25, 0.3) is 11.4 Å². The van der Waals surface area contributed by atoms with Gasteiger partial charge in [0.2, 0.25) is 5.91 Å². The van der Waals surface area contributed by atoms with Crippen molar-refractivity contribution < 1.29 is 14.3 Å². The van der Waals surface area contributed by atoms with Crippen LogP contribution in [0.1, 0.15) is 83.8 Å². The van der Waals surface area contributed by atoms with Crippen LogP contribution in [0.3, 0.4) is 0 Å². The van der Waals surface area contributed by atoms with Gasteiger partial charge in [-0.2, -0.15) is 0 Å². The second-order valence-corrected chi connectivity index (χ2v) is 10.3. The Kier molecular flexibility index (Phi) is 15.9. The molecule has 0 aromatic carbocycles. The fourth-order valence-corrected chi connectivity index (χ4v) is 4.20. The summed E-state index contributed by atoms with van der Waals surface area (Å²) in [6.07, 6.45) is 7.87. The van der Waals surface area contributed by atoms with E-state index >= 15 is 0 Å². The van der Waals surface area contributed by atoms with Gasteiger partial charge in [-0.3, -0.25) is 14.6 Å². The third-order valence-electron chi connectivity index (χ3n) is 5.88. The molecule has 3 atom stereocenters. The monoisotopic (exact) mass is 557 g/mol. The molecular weight excluding hydrogens is 510 g/mol. The molecule has 0 saturated carbocycles. The number of aromatic nitrogens is 3. The third-order valence-corrected chi connectivity index (χ3v) is 6.63. The standard InChI is InChI=1S/C17H17N5O2S.C11H24O.C2H6/c1-11-4-3-5-13(19-11)14-10-25-17(20-14)21-15(23)8-18-16(24)12-6-7-22(2)9-12;1-6-9(3)8-11(5)12-10(4)7-2;1-2/h3-7,9-10H,8H2,1-2H3,(H,18,24)(H,20,21,23);9-11H,6-8H2,1-5H3;1-2H3. The van der Waals surface area contributed by atoms with Crippen LogP contribution in [0.5, 0.6) is 0 Å². The minimum Gasteiger partial charge on any atom is -0.376 e. The number of hydrogen-bond donors (Lipinski definition) is 2. The van der Waals surface area contributed by atoms with E-state index in [9.17, 15) is 9.59 Å². The van der Waals surface area contributed by atoms with Crippen LogP contribution in [0.4, 0.5) is 5.13 Å². The number of aryl methyl sites for hydroxylation is 2. The molecule has 0 spiro atoms. The predicted octanol–water partition coefficient (Wildman–Crippen LogP) is 6.87. The van der Waals surface area contributed by atoms with Gasteiger partial charge in [0.1, 0.15) is 5.69 Å². The molecule has 0 radical (unpaired) electrons. The summed E-state index contributed by atoms with van der Waals surface area (Å²) in [5.41, 5.74) is 2.88. The molecule has 0 saturated heterocycles. The highest BCUT2D eigenvalue weighted by Gasteiger charge is 2.12. The lowest BCUT2D eigenvalue weighted by Gasteiger charge is -2.20. The summed E-state index contributed by atoms with van der Waals surface area (Å²) in [7, 11) is 1.83. The number of nitrogens with zero attached hydrogens (tertiary/aromatic N) is 3. The van der Waals surface area contributed by atoms with E-state index in [1.807, 2.05) is 51.4 Å². The van der Waals surface area contributed by atoms with Crippen LogP contribution in [0, 0.1) is 12.8 Å². The minimum absolute atomic E-state index is 0.120. The van der Waals surface area contributed by atoms with E-state index in [1.54, 1.807) is 23.0 Å². The van der Waals surface area contributed by atoms with Crippen LogP contribution in [0.15, 0.2) is 42.0 Å². The number of pyridine rings is 1. The van der Waals surface area contributed by atoms with Crippen LogP contribution >= 0.6 is 11.3 Å². The lowest BCUT2D eigenvalue weighted by Crippen LogP contribution is -2.32. The maximum atomic E-state index is 12.0. The lowest BCUT2D eigenvalue weighted by molar-refractivity contribution is -0.115. The summed E-state index contributed by atoms with van der Waals surface area (Å²) in [6, 6.07) is 7.38. The largest absolute Gasteiger partial charge is 0.376 e. The summed E-state index contributed by atoms with van der Waals surface area (Å²) >= 11 is 1.31. The zero-order valence-corrected chi connectivity index (χ0v) is 25.9. The summed E-state index contributed by atoms with van der Waals surface area (Å²) in [6.45, 7) is 16.8. The van der Waals surface area contributed by atoms with Gasteiger partial charge in [-0.25, -0.2) is 4.98 Å². The van der Waals surface area contributed by atoms with E-state index in [1.165, 1.54) is 24.2 Å². The zero-order chi connectivity index (χ0) is 29.4. The molecule has 3 unspecified atom stereocenters. The molecular formula is C30H47N5O3S. The molecule has 0 aliphatic rings. The van der Waals surface area contributed by atoms with Gasteiger partial charge in [-0.05, 0) is 57.7 Å². The van der Waals surface area contributed by atoms with Gasteiger partial charge in [0.15, 0.2) is 5.13 Å². The van der Waals surface area contributed by atoms with Crippen LogP contribution < -0.4 is 10.6 Å². The van der Waals surface area contributed by atoms with Gasteiger partial charge in [0.05, 0.1) is 30.0 Å². The molecule has 216 valence electrons. The molecule has 3 rings (SSSR count). The molecule has 2 N–H and O–H groups in total. The first-order chi connectivity index (χ1) is 18.6. The topological polar surface area (TPSA) is 98.1 Å². The summed E-state index contributed by atoms with van der Waals surface area (Å²) in [5.74, 6) is 0.172. The normalized spacial score (nSPS) is 12.6. The zero-order valence-electron chi connectivity index (χ0n) is 25.1. The Bertz CT molecular complexity index is 1120. The van der Waals surface area contributed by atoms with Crippen molar-refractivity contribution in [2.45, 2.75) is 86.9 Å². The molecule has 0 aliphatic carbocycles. The van der Waals surface area contributed by atoms with Crippen molar-refractivity contribution >= 4 is 28.3 Å². The summed E-state index contributed by atoms with van der Waals surface area (Å²) in [4.78, 5) is 32.6. The second kappa shape index (κ2) is 18.3. The Morgan fingerprint density at radius 3 is 2.33 bits per heavy atom. The van der Waals surface area contributed by atoms with E-state index < -0.39 is 0 Å². The number of thiazole rings is 1. The van der Waals surface area contributed by atoms with E-state index in [0.717, 1.165) is 23.7 Å². The SMILES string of the molecule is CC.CCC(C)CC(C)OC(C)CC.Cc1cccc(-c2csc(NC(=O)CNC(=O)c3ccn(C)c3)n2)n1. The number of nitrogens with one attached hydrogen (secondary N) is 2. The third kappa shape index (κ3) is 13.0. The van der Waals surface area contributed by atoms with Crippen molar-refractivity contribution in [3.8, 4) is 11.4 Å². The fraction of sp³-hybridized carbons (Fsp3) is 0.533. The lowest BCUT2D eigenvalue weighted by atomic mass is 10.0. The predicted molar refractivity (Wildman–Crippen MR) is 162 cm³/mol. The molecule has 3 heterocycles. The van der Waals surface area contributed by atoms with E-state index in [0.29, 0.717) is 28.6 Å². The van der Waals surface area contributed by atoms with Gasteiger partial charge >= 0.3 is 0 Å². The fourth-order valence-electron chi connectivity index (χ4n) is 3.48.